The smallest absolute Gasteiger partial charge is 0.121 e. The minimum absolute atomic E-state index is 0.701. The Morgan fingerprint density at radius 1 is 1.64 bits per heavy atom. The van der Waals surface area contributed by atoms with Crippen LogP contribution in [-0.4, -0.2) is 30.8 Å². The molecule has 1 atom stereocenters. The topological polar surface area (TPSA) is 20.3 Å². The first-order chi connectivity index (χ1) is 5.33. The maximum atomic E-state index is 10.1. The van der Waals surface area contributed by atoms with E-state index in [1.807, 2.05) is 0 Å². The molecule has 0 aliphatic carbocycles. The van der Waals surface area contributed by atoms with Crippen LogP contribution in [0.15, 0.2) is 0 Å². The van der Waals surface area contributed by atoms with Gasteiger partial charge >= 0.3 is 0 Å². The molecular formula is C9H17NO. The second kappa shape index (κ2) is 4.50. The van der Waals surface area contributed by atoms with Crippen molar-refractivity contribution in [3.63, 3.8) is 0 Å². The van der Waals surface area contributed by atoms with Crippen molar-refractivity contribution in [2.75, 3.05) is 19.6 Å². The predicted molar refractivity (Wildman–Crippen MR) is 45.5 cm³/mol. The number of aldehydes is 1. The molecule has 0 spiro atoms. The molecule has 1 heterocycles. The van der Waals surface area contributed by atoms with Crippen LogP contribution in [0.25, 0.3) is 0 Å². The highest BCUT2D eigenvalue weighted by atomic mass is 16.1. The first-order valence-electron chi connectivity index (χ1n) is 4.49. The van der Waals surface area contributed by atoms with E-state index in [1.165, 1.54) is 25.9 Å². The third-order valence-electron chi connectivity index (χ3n) is 2.30. The Balaban J connectivity index is 2.17. The Kier molecular flexibility index (Phi) is 3.57. The van der Waals surface area contributed by atoms with Gasteiger partial charge < -0.3 is 9.69 Å². The molecule has 0 aromatic heterocycles. The number of likely N-dealkylation sites (tertiary alicyclic amines) is 1. The number of hydrogen-bond donors (Lipinski definition) is 0. The van der Waals surface area contributed by atoms with E-state index in [4.69, 9.17) is 0 Å². The summed E-state index contributed by atoms with van der Waals surface area (Å²) < 4.78 is 0. The molecule has 2 nitrogen and oxygen atoms in total. The van der Waals surface area contributed by atoms with Gasteiger partial charge in [-0.15, -0.1) is 0 Å². The molecule has 0 N–H and O–H groups in total. The van der Waals surface area contributed by atoms with Crippen molar-refractivity contribution < 1.29 is 4.79 Å². The van der Waals surface area contributed by atoms with E-state index in [0.29, 0.717) is 6.42 Å². The average molecular weight is 155 g/mol. The fourth-order valence-electron chi connectivity index (χ4n) is 1.73. The number of rotatable bonds is 3. The van der Waals surface area contributed by atoms with E-state index in [2.05, 4.69) is 11.8 Å². The van der Waals surface area contributed by atoms with Gasteiger partial charge in [0, 0.05) is 19.5 Å². The lowest BCUT2D eigenvalue weighted by Gasteiger charge is -2.30. The standard InChI is InChI=1S/C9H17NO/c1-9-4-2-5-10(8-9)6-3-7-11/h7,9H,2-6,8H2,1H3. The second-order valence-corrected chi connectivity index (χ2v) is 3.50. The number of carbonyl (C=O) groups is 1. The molecule has 1 unspecified atom stereocenters. The molecule has 0 amide bonds. The highest BCUT2D eigenvalue weighted by Gasteiger charge is 2.14. The van der Waals surface area contributed by atoms with Gasteiger partial charge in [0.1, 0.15) is 6.29 Å². The Morgan fingerprint density at radius 2 is 2.45 bits per heavy atom. The van der Waals surface area contributed by atoms with Crippen LogP contribution < -0.4 is 0 Å². The minimum Gasteiger partial charge on any atom is -0.303 e. The summed E-state index contributed by atoms with van der Waals surface area (Å²) in [5, 5.41) is 0. The van der Waals surface area contributed by atoms with Crippen molar-refractivity contribution in [1.82, 2.24) is 4.90 Å². The molecular weight excluding hydrogens is 138 g/mol. The minimum atomic E-state index is 0.701. The van der Waals surface area contributed by atoms with Gasteiger partial charge in [0.2, 0.25) is 0 Å². The van der Waals surface area contributed by atoms with Gasteiger partial charge in [-0.2, -0.15) is 0 Å². The van der Waals surface area contributed by atoms with Gasteiger partial charge in [-0.1, -0.05) is 6.92 Å². The number of piperidine rings is 1. The summed E-state index contributed by atoms with van der Waals surface area (Å²) in [6.45, 7) is 5.63. The molecule has 1 fully saturated rings. The molecule has 11 heavy (non-hydrogen) atoms. The Bertz CT molecular complexity index is 125. The Hall–Kier alpha value is -0.370. The zero-order valence-corrected chi connectivity index (χ0v) is 7.25. The molecule has 1 aliphatic heterocycles. The number of nitrogens with zero attached hydrogens (tertiary/aromatic N) is 1. The monoisotopic (exact) mass is 155 g/mol. The number of carbonyl (C=O) groups excluding carboxylic acids is 1. The van der Waals surface area contributed by atoms with Gasteiger partial charge in [-0.05, 0) is 25.3 Å². The molecule has 0 saturated carbocycles. The van der Waals surface area contributed by atoms with Crippen LogP contribution in [-0.2, 0) is 4.79 Å². The molecule has 1 rings (SSSR count). The lowest BCUT2D eigenvalue weighted by molar-refractivity contribution is -0.108. The Labute approximate surface area is 68.6 Å². The summed E-state index contributed by atoms with van der Waals surface area (Å²) in [7, 11) is 0. The summed E-state index contributed by atoms with van der Waals surface area (Å²) in [6.07, 6.45) is 4.38. The van der Waals surface area contributed by atoms with Crippen LogP contribution >= 0.6 is 0 Å². The summed E-state index contributed by atoms with van der Waals surface area (Å²) in [5.74, 6) is 0.829. The van der Waals surface area contributed by atoms with Gasteiger partial charge in [0.25, 0.3) is 0 Å². The van der Waals surface area contributed by atoms with E-state index in [-0.39, 0.29) is 0 Å². The Morgan fingerprint density at radius 3 is 3.09 bits per heavy atom. The van der Waals surface area contributed by atoms with E-state index in [1.54, 1.807) is 0 Å². The van der Waals surface area contributed by atoms with Crippen LogP contribution in [0.2, 0.25) is 0 Å². The van der Waals surface area contributed by atoms with Gasteiger partial charge in [0.05, 0.1) is 0 Å². The van der Waals surface area contributed by atoms with E-state index in [0.717, 1.165) is 18.7 Å². The van der Waals surface area contributed by atoms with E-state index < -0.39 is 0 Å². The second-order valence-electron chi connectivity index (χ2n) is 3.50. The van der Waals surface area contributed by atoms with Crippen LogP contribution in [0, 0.1) is 5.92 Å². The molecule has 0 radical (unpaired) electrons. The molecule has 2 heteroatoms. The van der Waals surface area contributed by atoms with Crippen LogP contribution in [0.4, 0.5) is 0 Å². The summed E-state index contributed by atoms with van der Waals surface area (Å²) in [5.41, 5.74) is 0. The molecule has 0 bridgehead atoms. The van der Waals surface area contributed by atoms with Crippen molar-refractivity contribution in [2.45, 2.75) is 26.2 Å². The lowest BCUT2D eigenvalue weighted by Crippen LogP contribution is -2.35. The largest absolute Gasteiger partial charge is 0.303 e. The van der Waals surface area contributed by atoms with Crippen molar-refractivity contribution >= 4 is 6.29 Å². The zero-order valence-electron chi connectivity index (χ0n) is 7.25. The predicted octanol–water partition coefficient (Wildman–Crippen LogP) is 1.31. The summed E-state index contributed by atoms with van der Waals surface area (Å²) in [6, 6.07) is 0. The van der Waals surface area contributed by atoms with Crippen molar-refractivity contribution in [3.05, 3.63) is 0 Å². The maximum absolute atomic E-state index is 10.1. The zero-order chi connectivity index (χ0) is 8.10. The van der Waals surface area contributed by atoms with Crippen LogP contribution in [0.5, 0.6) is 0 Å². The average Bonchev–Trinajstić information content (AvgIpc) is 2.01. The van der Waals surface area contributed by atoms with Gasteiger partial charge in [-0.25, -0.2) is 0 Å². The molecule has 1 saturated heterocycles. The highest BCUT2D eigenvalue weighted by molar-refractivity contribution is 5.49. The highest BCUT2D eigenvalue weighted by Crippen LogP contribution is 2.14. The SMILES string of the molecule is CC1CCCN(CCC=O)C1. The van der Waals surface area contributed by atoms with E-state index >= 15 is 0 Å². The molecule has 1 aliphatic rings. The van der Waals surface area contributed by atoms with E-state index in [9.17, 15) is 4.79 Å². The molecule has 64 valence electrons. The third-order valence-corrected chi connectivity index (χ3v) is 2.30. The summed E-state index contributed by atoms with van der Waals surface area (Å²) in [4.78, 5) is 12.5. The van der Waals surface area contributed by atoms with Gasteiger partial charge in [-0.3, -0.25) is 0 Å². The summed E-state index contributed by atoms with van der Waals surface area (Å²) >= 11 is 0. The number of hydrogen-bond acceptors (Lipinski definition) is 2. The van der Waals surface area contributed by atoms with Gasteiger partial charge in [0.15, 0.2) is 0 Å². The first-order valence-corrected chi connectivity index (χ1v) is 4.49. The maximum Gasteiger partial charge on any atom is 0.121 e. The van der Waals surface area contributed by atoms with Crippen molar-refractivity contribution in [3.8, 4) is 0 Å². The molecule has 0 aromatic rings. The van der Waals surface area contributed by atoms with Crippen LogP contribution in [0.1, 0.15) is 26.2 Å². The van der Waals surface area contributed by atoms with Crippen molar-refractivity contribution in [1.29, 1.82) is 0 Å². The third kappa shape index (κ3) is 3.02. The first kappa shape index (κ1) is 8.72. The quantitative estimate of drug-likeness (QED) is 0.573. The van der Waals surface area contributed by atoms with Crippen molar-refractivity contribution in [2.24, 2.45) is 5.92 Å². The fourth-order valence-corrected chi connectivity index (χ4v) is 1.73. The van der Waals surface area contributed by atoms with Crippen LogP contribution in [0.3, 0.4) is 0 Å². The lowest BCUT2D eigenvalue weighted by atomic mass is 10.0. The fraction of sp³-hybridized carbons (Fsp3) is 0.889. The normalized spacial score (nSPS) is 26.8. The molecule has 0 aromatic carbocycles.